The molecule has 2 aromatic carbocycles. The largest absolute Gasteiger partial charge is 0.472 e. The molecule has 34 heavy (non-hydrogen) atoms. The normalized spacial score (nSPS) is 14.7. The number of hydrogen-bond acceptors (Lipinski definition) is 5. The van der Waals surface area contributed by atoms with Gasteiger partial charge >= 0.3 is 0 Å². The van der Waals surface area contributed by atoms with Gasteiger partial charge in [0.15, 0.2) is 0 Å². The fourth-order valence-corrected chi connectivity index (χ4v) is 4.98. The van der Waals surface area contributed by atoms with E-state index in [2.05, 4.69) is 9.80 Å². The second kappa shape index (κ2) is 10.2. The van der Waals surface area contributed by atoms with Crippen molar-refractivity contribution >= 4 is 39.7 Å². The van der Waals surface area contributed by atoms with Crippen molar-refractivity contribution in [2.45, 2.75) is 19.4 Å². The highest BCUT2D eigenvalue weighted by atomic mass is 35.5. The molecule has 3 heterocycles. The van der Waals surface area contributed by atoms with E-state index in [4.69, 9.17) is 32.7 Å². The third kappa shape index (κ3) is 4.85. The van der Waals surface area contributed by atoms with Crippen LogP contribution in [0, 0.1) is 0 Å². The molecule has 176 valence electrons. The number of hydrogen-bond donors (Lipinski definition) is 0. The molecule has 0 N–H and O–H groups in total. The fraction of sp³-hybridized carbons (Fsp3) is 0.308. The van der Waals surface area contributed by atoms with Gasteiger partial charge in [0.1, 0.15) is 0 Å². The third-order valence-electron chi connectivity index (χ3n) is 6.38. The Morgan fingerprint density at radius 1 is 0.912 bits per heavy atom. The van der Waals surface area contributed by atoms with Crippen LogP contribution in [-0.4, -0.2) is 47.4 Å². The molecule has 8 heteroatoms. The lowest BCUT2D eigenvalue weighted by molar-refractivity contribution is 0.248. The lowest BCUT2D eigenvalue weighted by Crippen LogP contribution is -2.47. The summed E-state index contributed by atoms with van der Waals surface area (Å²) in [7, 11) is 0. The number of aryl methyl sites for hydroxylation is 1. The molecule has 1 fully saturated rings. The summed E-state index contributed by atoms with van der Waals surface area (Å²) < 4.78 is 6.84. The van der Waals surface area contributed by atoms with Gasteiger partial charge in [-0.05, 0) is 36.2 Å². The number of anilines is 1. The number of furan rings is 1. The number of aromatic nitrogens is 2. The van der Waals surface area contributed by atoms with Gasteiger partial charge in [-0.1, -0.05) is 47.5 Å². The zero-order chi connectivity index (χ0) is 23.5. The van der Waals surface area contributed by atoms with Gasteiger partial charge in [0.05, 0.1) is 39.3 Å². The average Bonchev–Trinajstić information content (AvgIpc) is 3.37. The Morgan fingerprint density at radius 3 is 2.47 bits per heavy atom. The van der Waals surface area contributed by atoms with E-state index in [-0.39, 0.29) is 5.56 Å². The van der Waals surface area contributed by atoms with Crippen LogP contribution in [-0.2, 0) is 13.0 Å². The zero-order valence-corrected chi connectivity index (χ0v) is 20.3. The Balaban J connectivity index is 1.23. The molecule has 0 bridgehead atoms. The number of rotatable bonds is 7. The molecule has 1 aliphatic heterocycles. The third-order valence-corrected chi connectivity index (χ3v) is 7.19. The summed E-state index contributed by atoms with van der Waals surface area (Å²) in [5, 5.41) is 7.55. The van der Waals surface area contributed by atoms with E-state index >= 15 is 0 Å². The van der Waals surface area contributed by atoms with Crippen LogP contribution in [0.3, 0.4) is 0 Å². The van der Waals surface area contributed by atoms with Gasteiger partial charge < -0.3 is 9.32 Å². The minimum atomic E-state index is -0.0352. The molecule has 0 amide bonds. The highest BCUT2D eigenvalue weighted by molar-refractivity contribution is 6.43. The molecule has 0 radical (unpaired) electrons. The molecular weight excluding hydrogens is 471 g/mol. The van der Waals surface area contributed by atoms with Gasteiger partial charge in [-0.25, -0.2) is 4.68 Å². The van der Waals surface area contributed by atoms with Gasteiger partial charge in [-0.15, -0.1) is 0 Å². The molecule has 0 saturated carbocycles. The smallest absolute Gasteiger partial charge is 0.274 e. The Labute approximate surface area is 208 Å². The van der Waals surface area contributed by atoms with E-state index in [1.807, 2.05) is 48.5 Å². The number of benzene rings is 2. The summed E-state index contributed by atoms with van der Waals surface area (Å²) in [6.07, 6.45) is 4.87. The van der Waals surface area contributed by atoms with Gasteiger partial charge in [-0.3, -0.25) is 9.69 Å². The van der Waals surface area contributed by atoms with Crippen LogP contribution in [0.5, 0.6) is 0 Å². The summed E-state index contributed by atoms with van der Waals surface area (Å²) in [5.74, 6) is 0. The maximum absolute atomic E-state index is 13.1. The van der Waals surface area contributed by atoms with Crippen molar-refractivity contribution in [3.63, 3.8) is 0 Å². The van der Waals surface area contributed by atoms with Crippen LogP contribution in [0.25, 0.3) is 10.8 Å². The first-order valence-corrected chi connectivity index (χ1v) is 12.3. The Morgan fingerprint density at radius 2 is 1.71 bits per heavy atom. The molecular formula is C26H26Cl2N4O2. The van der Waals surface area contributed by atoms with Crippen LogP contribution in [0.4, 0.5) is 5.69 Å². The lowest BCUT2D eigenvalue weighted by Gasteiger charge is -2.36. The van der Waals surface area contributed by atoms with Crippen molar-refractivity contribution in [2.75, 3.05) is 37.6 Å². The molecule has 5 rings (SSSR count). The Kier molecular flexibility index (Phi) is 6.90. The number of nitrogens with zero attached hydrogens (tertiary/aromatic N) is 4. The van der Waals surface area contributed by atoms with Crippen molar-refractivity contribution in [1.29, 1.82) is 0 Å². The predicted octanol–water partition coefficient (Wildman–Crippen LogP) is 5.10. The molecule has 2 aromatic heterocycles. The summed E-state index contributed by atoms with van der Waals surface area (Å²) in [6.45, 7) is 5.16. The number of halogens is 2. The fourth-order valence-electron chi connectivity index (χ4n) is 4.57. The van der Waals surface area contributed by atoms with Gasteiger partial charge in [0.2, 0.25) is 0 Å². The summed E-state index contributed by atoms with van der Waals surface area (Å²) >= 11 is 12.6. The average molecular weight is 497 g/mol. The maximum atomic E-state index is 13.1. The Hall–Kier alpha value is -2.80. The van der Waals surface area contributed by atoms with E-state index in [9.17, 15) is 4.79 Å². The second-order valence-corrected chi connectivity index (χ2v) is 9.37. The summed E-state index contributed by atoms with van der Waals surface area (Å²) in [5.41, 5.74) is 2.89. The van der Waals surface area contributed by atoms with Crippen molar-refractivity contribution in [1.82, 2.24) is 14.7 Å². The lowest BCUT2D eigenvalue weighted by atomic mass is 10.1. The van der Waals surface area contributed by atoms with Gasteiger partial charge in [0.25, 0.3) is 5.56 Å². The van der Waals surface area contributed by atoms with Crippen LogP contribution in [0.15, 0.2) is 70.3 Å². The quantitative estimate of drug-likeness (QED) is 0.356. The van der Waals surface area contributed by atoms with Crippen molar-refractivity contribution in [3.05, 3.63) is 92.7 Å². The highest BCUT2D eigenvalue weighted by Crippen LogP contribution is 2.32. The first-order chi connectivity index (χ1) is 16.6. The first kappa shape index (κ1) is 23.0. The first-order valence-electron chi connectivity index (χ1n) is 11.5. The predicted molar refractivity (Wildman–Crippen MR) is 137 cm³/mol. The van der Waals surface area contributed by atoms with Crippen LogP contribution in [0.1, 0.15) is 17.7 Å². The van der Waals surface area contributed by atoms with E-state index in [1.54, 1.807) is 17.2 Å². The van der Waals surface area contributed by atoms with Crippen molar-refractivity contribution in [3.8, 4) is 0 Å². The SMILES string of the molecule is O=c1c2ccccc2c(Cc2ccoc2)nn1CCCN1CCN(c2cccc(Cl)c2Cl)CC1. The van der Waals surface area contributed by atoms with Crippen molar-refractivity contribution < 1.29 is 4.42 Å². The van der Waals surface area contributed by atoms with E-state index in [1.165, 1.54) is 0 Å². The van der Waals surface area contributed by atoms with E-state index in [0.717, 1.165) is 61.5 Å². The Bertz CT molecular complexity index is 1330. The van der Waals surface area contributed by atoms with Crippen molar-refractivity contribution in [2.24, 2.45) is 0 Å². The number of fused-ring (bicyclic) bond motifs is 1. The van der Waals surface area contributed by atoms with Crippen LogP contribution >= 0.6 is 23.2 Å². The summed E-state index contributed by atoms with van der Waals surface area (Å²) in [6, 6.07) is 15.4. The zero-order valence-electron chi connectivity index (χ0n) is 18.8. The van der Waals surface area contributed by atoms with E-state index in [0.29, 0.717) is 28.4 Å². The van der Waals surface area contributed by atoms with E-state index < -0.39 is 0 Å². The minimum absolute atomic E-state index is 0.0352. The summed E-state index contributed by atoms with van der Waals surface area (Å²) in [4.78, 5) is 17.8. The molecule has 6 nitrogen and oxygen atoms in total. The van der Waals surface area contributed by atoms with Crippen LogP contribution in [0.2, 0.25) is 10.0 Å². The second-order valence-electron chi connectivity index (χ2n) is 8.58. The standard InChI is InChI=1S/C26H26Cl2N4O2/c27-22-7-3-8-24(25(22)28)31-14-12-30(13-15-31)10-4-11-32-26(33)21-6-2-1-5-20(21)23(29-32)17-19-9-16-34-18-19/h1-3,5-9,16,18H,4,10-15,17H2. The molecule has 0 atom stereocenters. The van der Waals surface area contributed by atoms with Crippen LogP contribution < -0.4 is 10.5 Å². The topological polar surface area (TPSA) is 54.5 Å². The molecule has 0 aliphatic carbocycles. The molecule has 1 aliphatic rings. The molecule has 1 saturated heterocycles. The maximum Gasteiger partial charge on any atom is 0.274 e. The molecule has 0 unspecified atom stereocenters. The number of piperazine rings is 1. The van der Waals surface area contributed by atoms with Gasteiger partial charge in [0, 0.05) is 51.1 Å². The minimum Gasteiger partial charge on any atom is -0.472 e. The monoisotopic (exact) mass is 496 g/mol. The highest BCUT2D eigenvalue weighted by Gasteiger charge is 2.20. The van der Waals surface area contributed by atoms with Gasteiger partial charge in [-0.2, -0.15) is 5.10 Å². The molecule has 0 spiro atoms. The molecule has 4 aromatic rings.